The van der Waals surface area contributed by atoms with Gasteiger partial charge in [0, 0.05) is 43.9 Å². The molecule has 3 aromatic rings. The van der Waals surface area contributed by atoms with Crippen LogP contribution in [0.25, 0.3) is 11.4 Å². The molecule has 0 saturated heterocycles. The summed E-state index contributed by atoms with van der Waals surface area (Å²) in [6, 6.07) is 6.16. The predicted molar refractivity (Wildman–Crippen MR) is 89.9 cm³/mol. The van der Waals surface area contributed by atoms with Gasteiger partial charge < -0.3 is 0 Å². The van der Waals surface area contributed by atoms with Gasteiger partial charge in [0.2, 0.25) is 0 Å². The first-order valence-electron chi connectivity index (χ1n) is 8.03. The van der Waals surface area contributed by atoms with Crippen molar-refractivity contribution in [1.82, 2.24) is 29.8 Å². The molecular weight excluding hydrogens is 300 g/mol. The standard InChI is InChI=1S/C18H18N6/c1-13-3-2-4-16(22-13)10-24-6-5-14-9-21-18(23-17(14)11-24)15-7-19-12-20-8-15/h2-4,7-9,12H,5-6,10-11H2,1H3. The van der Waals surface area contributed by atoms with Crippen LogP contribution in [0.2, 0.25) is 0 Å². The molecule has 120 valence electrons. The zero-order valence-corrected chi connectivity index (χ0v) is 13.6. The fraction of sp³-hybridized carbons (Fsp3) is 0.278. The molecule has 24 heavy (non-hydrogen) atoms. The Balaban J connectivity index is 1.55. The van der Waals surface area contributed by atoms with Gasteiger partial charge in [-0.2, -0.15) is 0 Å². The Hall–Kier alpha value is -2.73. The summed E-state index contributed by atoms with van der Waals surface area (Å²) >= 11 is 0. The molecule has 0 aliphatic carbocycles. The number of hydrogen-bond donors (Lipinski definition) is 0. The highest BCUT2D eigenvalue weighted by molar-refractivity contribution is 5.52. The number of aryl methyl sites for hydroxylation is 1. The third kappa shape index (κ3) is 3.14. The van der Waals surface area contributed by atoms with E-state index in [0.29, 0.717) is 5.82 Å². The topological polar surface area (TPSA) is 67.7 Å². The molecule has 0 spiro atoms. The first-order chi connectivity index (χ1) is 11.8. The van der Waals surface area contributed by atoms with Crippen LogP contribution >= 0.6 is 0 Å². The van der Waals surface area contributed by atoms with Crippen molar-refractivity contribution in [2.45, 2.75) is 26.4 Å². The second kappa shape index (κ2) is 6.41. The van der Waals surface area contributed by atoms with Crippen LogP contribution in [0, 0.1) is 6.92 Å². The van der Waals surface area contributed by atoms with Crippen LogP contribution in [0.1, 0.15) is 22.6 Å². The summed E-state index contributed by atoms with van der Waals surface area (Å²) in [6.45, 7) is 4.68. The Morgan fingerprint density at radius 2 is 1.96 bits per heavy atom. The fourth-order valence-electron chi connectivity index (χ4n) is 2.96. The summed E-state index contributed by atoms with van der Waals surface area (Å²) < 4.78 is 0. The average Bonchev–Trinajstić information content (AvgIpc) is 2.62. The number of fused-ring (bicyclic) bond motifs is 1. The lowest BCUT2D eigenvalue weighted by molar-refractivity contribution is 0.238. The molecule has 6 heteroatoms. The van der Waals surface area contributed by atoms with Crippen molar-refractivity contribution in [3.63, 3.8) is 0 Å². The largest absolute Gasteiger partial charge is 0.291 e. The van der Waals surface area contributed by atoms with E-state index >= 15 is 0 Å². The maximum atomic E-state index is 4.74. The molecule has 0 N–H and O–H groups in total. The van der Waals surface area contributed by atoms with E-state index in [2.05, 4.69) is 37.0 Å². The summed E-state index contributed by atoms with van der Waals surface area (Å²) in [5.74, 6) is 0.685. The van der Waals surface area contributed by atoms with Gasteiger partial charge in [0.15, 0.2) is 5.82 Å². The van der Waals surface area contributed by atoms with E-state index in [1.54, 1.807) is 12.4 Å². The van der Waals surface area contributed by atoms with Gasteiger partial charge in [-0.25, -0.2) is 19.9 Å². The maximum absolute atomic E-state index is 4.74. The van der Waals surface area contributed by atoms with Gasteiger partial charge in [-0.15, -0.1) is 0 Å². The summed E-state index contributed by atoms with van der Waals surface area (Å²) in [7, 11) is 0. The van der Waals surface area contributed by atoms with Crippen LogP contribution in [0.15, 0.2) is 43.1 Å². The van der Waals surface area contributed by atoms with Crippen LogP contribution in [-0.2, 0) is 19.5 Å². The zero-order chi connectivity index (χ0) is 16.4. The molecule has 6 nitrogen and oxygen atoms in total. The summed E-state index contributed by atoms with van der Waals surface area (Å²) in [5, 5.41) is 0. The Bertz CT molecular complexity index is 849. The van der Waals surface area contributed by atoms with Gasteiger partial charge >= 0.3 is 0 Å². The molecule has 0 radical (unpaired) electrons. The SMILES string of the molecule is Cc1cccc(CN2CCc3cnc(-c4cncnc4)nc3C2)n1. The molecular formula is C18H18N6. The average molecular weight is 318 g/mol. The van der Waals surface area contributed by atoms with Crippen LogP contribution < -0.4 is 0 Å². The van der Waals surface area contributed by atoms with E-state index in [9.17, 15) is 0 Å². The second-order valence-electron chi connectivity index (χ2n) is 6.02. The third-order valence-corrected chi connectivity index (χ3v) is 4.18. The van der Waals surface area contributed by atoms with Crippen LogP contribution in [-0.4, -0.2) is 36.4 Å². The minimum atomic E-state index is 0.685. The molecule has 0 amide bonds. The molecule has 0 unspecified atom stereocenters. The zero-order valence-electron chi connectivity index (χ0n) is 13.6. The molecule has 4 rings (SSSR count). The van der Waals surface area contributed by atoms with Crippen LogP contribution in [0.3, 0.4) is 0 Å². The van der Waals surface area contributed by atoms with Crippen molar-refractivity contribution in [3.05, 3.63) is 65.8 Å². The van der Waals surface area contributed by atoms with Crippen LogP contribution in [0.5, 0.6) is 0 Å². The predicted octanol–water partition coefficient (Wildman–Crippen LogP) is 2.20. The summed E-state index contributed by atoms with van der Waals surface area (Å²) in [4.78, 5) is 24.3. The molecule has 0 fully saturated rings. The Kier molecular flexibility index (Phi) is 3.96. The van der Waals surface area contributed by atoms with Gasteiger partial charge in [-0.3, -0.25) is 9.88 Å². The first-order valence-corrected chi connectivity index (χ1v) is 8.03. The maximum Gasteiger partial charge on any atom is 0.162 e. The summed E-state index contributed by atoms with van der Waals surface area (Å²) in [6.07, 6.45) is 7.90. The molecule has 4 heterocycles. The highest BCUT2D eigenvalue weighted by atomic mass is 15.1. The van der Waals surface area contributed by atoms with Crippen molar-refractivity contribution >= 4 is 0 Å². The van der Waals surface area contributed by atoms with Gasteiger partial charge in [0.1, 0.15) is 6.33 Å². The lowest BCUT2D eigenvalue weighted by Crippen LogP contribution is -2.31. The van der Waals surface area contributed by atoms with Crippen molar-refractivity contribution in [1.29, 1.82) is 0 Å². The van der Waals surface area contributed by atoms with E-state index in [4.69, 9.17) is 4.98 Å². The van der Waals surface area contributed by atoms with Crippen molar-refractivity contribution in [2.24, 2.45) is 0 Å². The third-order valence-electron chi connectivity index (χ3n) is 4.18. The number of aromatic nitrogens is 5. The van der Waals surface area contributed by atoms with E-state index in [0.717, 1.165) is 48.7 Å². The molecule has 0 atom stereocenters. The molecule has 1 aliphatic rings. The molecule has 0 saturated carbocycles. The van der Waals surface area contributed by atoms with Gasteiger partial charge in [0.25, 0.3) is 0 Å². The Morgan fingerprint density at radius 3 is 2.79 bits per heavy atom. The number of rotatable bonds is 3. The second-order valence-corrected chi connectivity index (χ2v) is 6.02. The van der Waals surface area contributed by atoms with Crippen LogP contribution in [0.4, 0.5) is 0 Å². The first kappa shape index (κ1) is 14.8. The quantitative estimate of drug-likeness (QED) is 0.737. The smallest absolute Gasteiger partial charge is 0.162 e. The minimum Gasteiger partial charge on any atom is -0.291 e. The summed E-state index contributed by atoms with van der Waals surface area (Å²) in [5.41, 5.74) is 5.31. The Morgan fingerprint density at radius 1 is 1.08 bits per heavy atom. The van der Waals surface area contributed by atoms with E-state index < -0.39 is 0 Å². The van der Waals surface area contributed by atoms with Crippen molar-refractivity contribution in [3.8, 4) is 11.4 Å². The molecule has 3 aromatic heterocycles. The number of nitrogens with zero attached hydrogens (tertiary/aromatic N) is 6. The normalized spacial score (nSPS) is 14.4. The lowest BCUT2D eigenvalue weighted by atomic mass is 10.1. The number of pyridine rings is 1. The van der Waals surface area contributed by atoms with Gasteiger partial charge in [-0.1, -0.05) is 6.07 Å². The molecule has 0 aromatic carbocycles. The minimum absolute atomic E-state index is 0.685. The van der Waals surface area contributed by atoms with Crippen molar-refractivity contribution < 1.29 is 0 Å². The van der Waals surface area contributed by atoms with E-state index in [-0.39, 0.29) is 0 Å². The Labute approximate surface area is 140 Å². The highest BCUT2D eigenvalue weighted by Gasteiger charge is 2.19. The van der Waals surface area contributed by atoms with Gasteiger partial charge in [-0.05, 0) is 31.0 Å². The monoisotopic (exact) mass is 318 g/mol. The van der Waals surface area contributed by atoms with Crippen molar-refractivity contribution in [2.75, 3.05) is 6.54 Å². The fourth-order valence-corrected chi connectivity index (χ4v) is 2.96. The van der Waals surface area contributed by atoms with Gasteiger partial charge in [0.05, 0.1) is 17.0 Å². The van der Waals surface area contributed by atoms with E-state index in [1.165, 1.54) is 11.9 Å². The molecule has 1 aliphatic heterocycles. The molecule has 0 bridgehead atoms. The number of hydrogen-bond acceptors (Lipinski definition) is 6. The van der Waals surface area contributed by atoms with E-state index in [1.807, 2.05) is 19.2 Å². The highest BCUT2D eigenvalue weighted by Crippen LogP contribution is 2.21. The lowest BCUT2D eigenvalue weighted by Gasteiger charge is -2.27.